The number of imidazole rings is 1. The maximum absolute atomic E-state index is 2.35. The Balaban J connectivity index is 2.55. The second kappa shape index (κ2) is 5.32. The van der Waals surface area contributed by atoms with Gasteiger partial charge < -0.3 is 0 Å². The molecule has 0 spiro atoms. The van der Waals surface area contributed by atoms with Gasteiger partial charge in [-0.3, -0.25) is 0 Å². The van der Waals surface area contributed by atoms with Crippen molar-refractivity contribution in [1.29, 1.82) is 0 Å². The fraction of sp³-hybridized carbons (Fsp3) is 0.700. The Labute approximate surface area is 85.0 Å². The van der Waals surface area contributed by atoms with Crippen LogP contribution in [0.4, 0.5) is 0 Å². The zero-order valence-corrected chi connectivity index (χ0v) is 9.60. The average Bonchev–Trinajstić information content (AvgIpc) is 2.47. The van der Waals surface area contributed by atoms with Crippen LogP contribution in [-0.4, -0.2) is 16.1 Å². The zero-order chi connectivity index (χ0) is 9.68. The molecule has 2 nitrogen and oxygen atoms in total. The van der Waals surface area contributed by atoms with E-state index >= 15 is 0 Å². The molecular formula is C10H19N2S+. The fourth-order valence-electron chi connectivity index (χ4n) is 1.52. The van der Waals surface area contributed by atoms with Gasteiger partial charge in [-0.2, -0.15) is 11.8 Å². The number of aryl methyl sites for hydroxylation is 2. The number of thioether (sulfide) groups is 1. The van der Waals surface area contributed by atoms with Gasteiger partial charge in [0.05, 0.1) is 13.6 Å². The molecule has 0 aliphatic heterocycles. The summed E-state index contributed by atoms with van der Waals surface area (Å²) in [6.45, 7) is 5.56. The average molecular weight is 199 g/mol. The van der Waals surface area contributed by atoms with Crippen LogP contribution in [-0.2, 0) is 20.0 Å². The summed E-state index contributed by atoms with van der Waals surface area (Å²) in [6.07, 6.45) is 5.42. The first-order valence-corrected chi connectivity index (χ1v) is 6.06. The summed E-state index contributed by atoms with van der Waals surface area (Å²) in [5, 5.41) is 0. The van der Waals surface area contributed by atoms with Gasteiger partial charge in [0.15, 0.2) is 0 Å². The van der Waals surface area contributed by atoms with Crippen LogP contribution in [0.25, 0.3) is 0 Å². The van der Waals surface area contributed by atoms with Crippen LogP contribution in [0.1, 0.15) is 19.7 Å². The molecule has 3 heteroatoms. The maximum atomic E-state index is 2.35. The second-order valence-electron chi connectivity index (χ2n) is 3.07. The van der Waals surface area contributed by atoms with E-state index in [-0.39, 0.29) is 0 Å². The molecule has 0 fully saturated rings. The van der Waals surface area contributed by atoms with Gasteiger partial charge in [0, 0.05) is 12.2 Å². The monoisotopic (exact) mass is 199 g/mol. The summed E-state index contributed by atoms with van der Waals surface area (Å²) in [6, 6.07) is 0. The normalized spacial score (nSPS) is 10.7. The van der Waals surface area contributed by atoms with Gasteiger partial charge in [-0.15, -0.1) is 0 Å². The lowest BCUT2D eigenvalue weighted by Gasteiger charge is -1.99. The van der Waals surface area contributed by atoms with E-state index in [1.165, 1.54) is 17.3 Å². The zero-order valence-electron chi connectivity index (χ0n) is 8.79. The predicted octanol–water partition coefficient (Wildman–Crippen LogP) is 1.63. The molecule has 1 rings (SSSR count). The lowest BCUT2D eigenvalue weighted by Crippen LogP contribution is -2.31. The number of nitrogens with zero attached hydrogens (tertiary/aromatic N) is 2. The minimum atomic E-state index is 1.11. The SMILES string of the molecule is CCSCCn1cc[n+](C)c1CC. The first-order valence-electron chi connectivity index (χ1n) is 4.91. The summed E-state index contributed by atoms with van der Waals surface area (Å²) < 4.78 is 4.55. The molecule has 1 aromatic heterocycles. The third-order valence-electron chi connectivity index (χ3n) is 2.21. The summed E-state index contributed by atoms with van der Waals surface area (Å²) >= 11 is 2.00. The fourth-order valence-corrected chi connectivity index (χ4v) is 2.13. The highest BCUT2D eigenvalue weighted by Gasteiger charge is 2.10. The third kappa shape index (κ3) is 2.76. The number of hydrogen-bond acceptors (Lipinski definition) is 1. The molecule has 74 valence electrons. The largest absolute Gasteiger partial charge is 0.255 e. The number of rotatable bonds is 5. The van der Waals surface area contributed by atoms with Crippen LogP contribution in [0.3, 0.4) is 0 Å². The third-order valence-corrected chi connectivity index (χ3v) is 3.09. The van der Waals surface area contributed by atoms with E-state index in [0.717, 1.165) is 13.0 Å². The number of aromatic nitrogens is 2. The van der Waals surface area contributed by atoms with E-state index < -0.39 is 0 Å². The summed E-state index contributed by atoms with van der Waals surface area (Å²) in [7, 11) is 2.11. The van der Waals surface area contributed by atoms with Gasteiger partial charge >= 0.3 is 0 Å². The van der Waals surface area contributed by atoms with Crippen LogP contribution in [0.5, 0.6) is 0 Å². The second-order valence-corrected chi connectivity index (χ2v) is 4.46. The van der Waals surface area contributed by atoms with Gasteiger partial charge in [-0.1, -0.05) is 13.8 Å². The van der Waals surface area contributed by atoms with Crippen molar-refractivity contribution in [2.75, 3.05) is 11.5 Å². The lowest BCUT2D eigenvalue weighted by atomic mass is 10.4. The van der Waals surface area contributed by atoms with Gasteiger partial charge in [0.25, 0.3) is 5.82 Å². The van der Waals surface area contributed by atoms with E-state index in [2.05, 4.69) is 42.4 Å². The predicted molar refractivity (Wildman–Crippen MR) is 58.0 cm³/mol. The van der Waals surface area contributed by atoms with Crippen molar-refractivity contribution < 1.29 is 4.57 Å². The summed E-state index contributed by atoms with van der Waals surface area (Å²) in [4.78, 5) is 0. The van der Waals surface area contributed by atoms with E-state index in [0.29, 0.717) is 0 Å². The van der Waals surface area contributed by atoms with Gasteiger partial charge in [0.2, 0.25) is 0 Å². The molecule has 0 aliphatic carbocycles. The quantitative estimate of drug-likeness (QED) is 0.517. The molecule has 0 aromatic carbocycles. The smallest absolute Gasteiger partial charge is 0.237 e. The van der Waals surface area contributed by atoms with Crippen LogP contribution >= 0.6 is 11.8 Å². The Kier molecular flexibility index (Phi) is 4.36. The Hall–Kier alpha value is -0.440. The molecular weight excluding hydrogens is 180 g/mol. The highest BCUT2D eigenvalue weighted by Crippen LogP contribution is 2.02. The van der Waals surface area contributed by atoms with Crippen molar-refractivity contribution in [3.8, 4) is 0 Å². The summed E-state index contributed by atoms with van der Waals surface area (Å²) in [5.74, 6) is 3.85. The van der Waals surface area contributed by atoms with Crippen molar-refractivity contribution in [1.82, 2.24) is 4.57 Å². The van der Waals surface area contributed by atoms with Crippen LogP contribution in [0, 0.1) is 0 Å². The minimum Gasteiger partial charge on any atom is -0.237 e. The van der Waals surface area contributed by atoms with Crippen LogP contribution < -0.4 is 4.57 Å². The molecule has 0 radical (unpaired) electrons. The van der Waals surface area contributed by atoms with Crippen LogP contribution in [0.15, 0.2) is 12.4 Å². The highest BCUT2D eigenvalue weighted by atomic mass is 32.2. The van der Waals surface area contributed by atoms with Crippen LogP contribution in [0.2, 0.25) is 0 Å². The minimum absolute atomic E-state index is 1.11. The Bertz CT molecular complexity index is 255. The van der Waals surface area contributed by atoms with Crippen molar-refractivity contribution in [3.63, 3.8) is 0 Å². The first-order chi connectivity index (χ1) is 6.29. The van der Waals surface area contributed by atoms with Gasteiger partial charge in [-0.05, 0) is 5.75 Å². The topological polar surface area (TPSA) is 8.81 Å². The number of hydrogen-bond donors (Lipinski definition) is 0. The van der Waals surface area contributed by atoms with Crippen molar-refractivity contribution >= 4 is 11.8 Å². The van der Waals surface area contributed by atoms with E-state index in [1.807, 2.05) is 11.8 Å². The molecule has 1 heterocycles. The van der Waals surface area contributed by atoms with E-state index in [9.17, 15) is 0 Å². The summed E-state index contributed by atoms with van der Waals surface area (Å²) in [5.41, 5.74) is 0. The highest BCUT2D eigenvalue weighted by molar-refractivity contribution is 7.99. The standard InChI is InChI=1S/C10H19N2S/c1-4-10-11(3)6-7-12(10)8-9-13-5-2/h6-7H,4-5,8-9H2,1-3H3/q+1. The molecule has 0 N–H and O–H groups in total. The molecule has 0 unspecified atom stereocenters. The van der Waals surface area contributed by atoms with Crippen molar-refractivity contribution in [2.45, 2.75) is 26.8 Å². The molecule has 0 amide bonds. The Morgan fingerprint density at radius 2 is 2.23 bits per heavy atom. The molecule has 0 saturated heterocycles. The lowest BCUT2D eigenvalue weighted by molar-refractivity contribution is -0.678. The molecule has 0 atom stereocenters. The molecule has 13 heavy (non-hydrogen) atoms. The van der Waals surface area contributed by atoms with E-state index in [1.54, 1.807) is 0 Å². The van der Waals surface area contributed by atoms with E-state index in [4.69, 9.17) is 0 Å². The maximum Gasteiger partial charge on any atom is 0.255 e. The molecule has 0 saturated carbocycles. The molecule has 0 aliphatic rings. The van der Waals surface area contributed by atoms with Gasteiger partial charge in [-0.25, -0.2) is 9.13 Å². The first kappa shape index (κ1) is 10.6. The van der Waals surface area contributed by atoms with Crippen molar-refractivity contribution in [2.24, 2.45) is 7.05 Å². The molecule has 0 bridgehead atoms. The van der Waals surface area contributed by atoms with Crippen molar-refractivity contribution in [3.05, 3.63) is 18.2 Å². The Morgan fingerprint density at radius 3 is 2.85 bits per heavy atom. The molecule has 1 aromatic rings. The van der Waals surface area contributed by atoms with Gasteiger partial charge in [0.1, 0.15) is 12.4 Å². The Morgan fingerprint density at radius 1 is 1.46 bits per heavy atom.